The van der Waals surface area contributed by atoms with Crippen LogP contribution in [0, 0.1) is 10.8 Å². The number of oxime groups is 1. The van der Waals surface area contributed by atoms with Crippen LogP contribution in [0.3, 0.4) is 0 Å². The first kappa shape index (κ1) is 17.7. The summed E-state index contributed by atoms with van der Waals surface area (Å²) < 4.78 is 0. The maximum Gasteiger partial charge on any atom is 0.224 e. The first-order valence-electron chi connectivity index (χ1n) is 6.62. The molecule has 0 heterocycles. The van der Waals surface area contributed by atoms with Gasteiger partial charge in [-0.3, -0.25) is 4.79 Å². The third-order valence-electron chi connectivity index (χ3n) is 3.44. The predicted octanol–water partition coefficient (Wildman–Crippen LogP) is 1.03. The van der Waals surface area contributed by atoms with Gasteiger partial charge < -0.3 is 22.0 Å². The Balaban J connectivity index is 3.81. The van der Waals surface area contributed by atoms with Crippen LogP contribution in [0.5, 0.6) is 0 Å². The molecule has 0 aliphatic carbocycles. The summed E-state index contributed by atoms with van der Waals surface area (Å²) in [5.74, 6) is -0.0385. The smallest absolute Gasteiger partial charge is 0.224 e. The standard InChI is InChI=1S/C13H28N4O2/c1-12(2,10(14)17-19)7-5-6-8-16-9-13(3,4)11(15)18/h16,19H,5-9H2,1-4H3,(H2,14,17)(H2,15,18). The largest absolute Gasteiger partial charge is 0.409 e. The molecule has 0 spiro atoms. The first-order chi connectivity index (χ1) is 8.63. The SMILES string of the molecule is CC(C)(CNCCCCC(C)(C)C(N)=NO)C(N)=O. The lowest BCUT2D eigenvalue weighted by Gasteiger charge is -2.23. The molecular weight excluding hydrogens is 244 g/mol. The number of nitrogens with two attached hydrogens (primary N) is 2. The molecule has 0 aromatic rings. The lowest BCUT2D eigenvalue weighted by atomic mass is 9.86. The average molecular weight is 272 g/mol. The van der Waals surface area contributed by atoms with Gasteiger partial charge in [-0.2, -0.15) is 0 Å². The highest BCUT2D eigenvalue weighted by atomic mass is 16.4. The second-order valence-electron chi connectivity index (χ2n) is 6.25. The van der Waals surface area contributed by atoms with E-state index in [2.05, 4.69) is 10.5 Å². The molecule has 0 radical (unpaired) electrons. The summed E-state index contributed by atoms with van der Waals surface area (Å²) in [5, 5.41) is 14.9. The van der Waals surface area contributed by atoms with Crippen molar-refractivity contribution in [1.29, 1.82) is 0 Å². The average Bonchev–Trinajstić information content (AvgIpc) is 2.32. The molecular formula is C13H28N4O2. The Morgan fingerprint density at radius 2 is 1.74 bits per heavy atom. The van der Waals surface area contributed by atoms with E-state index in [0.29, 0.717) is 6.54 Å². The van der Waals surface area contributed by atoms with Gasteiger partial charge >= 0.3 is 0 Å². The third kappa shape index (κ3) is 6.42. The second kappa shape index (κ2) is 7.33. The van der Waals surface area contributed by atoms with E-state index >= 15 is 0 Å². The predicted molar refractivity (Wildman–Crippen MR) is 76.9 cm³/mol. The zero-order valence-corrected chi connectivity index (χ0v) is 12.5. The molecule has 0 aliphatic heterocycles. The maximum atomic E-state index is 11.1. The Labute approximate surface area is 115 Å². The molecule has 0 fully saturated rings. The molecule has 0 aromatic heterocycles. The molecule has 112 valence electrons. The third-order valence-corrected chi connectivity index (χ3v) is 3.44. The van der Waals surface area contributed by atoms with Crippen molar-refractivity contribution in [2.24, 2.45) is 27.5 Å². The van der Waals surface area contributed by atoms with E-state index in [1.54, 1.807) is 0 Å². The minimum Gasteiger partial charge on any atom is -0.409 e. The normalized spacial score (nSPS) is 13.6. The zero-order chi connectivity index (χ0) is 15.1. The van der Waals surface area contributed by atoms with Crippen LogP contribution in [-0.2, 0) is 4.79 Å². The molecule has 0 bridgehead atoms. The Kier molecular flexibility index (Phi) is 6.83. The highest BCUT2D eigenvalue weighted by molar-refractivity contribution is 5.85. The topological polar surface area (TPSA) is 114 Å². The van der Waals surface area contributed by atoms with E-state index in [1.807, 2.05) is 27.7 Å². The molecule has 0 aliphatic rings. The molecule has 6 heteroatoms. The molecule has 0 atom stereocenters. The molecule has 0 saturated carbocycles. The van der Waals surface area contributed by atoms with Crippen LogP contribution >= 0.6 is 0 Å². The Bertz CT molecular complexity index is 325. The Morgan fingerprint density at radius 1 is 1.16 bits per heavy atom. The van der Waals surface area contributed by atoms with Gasteiger partial charge in [-0.15, -0.1) is 0 Å². The van der Waals surface area contributed by atoms with E-state index in [4.69, 9.17) is 16.7 Å². The summed E-state index contributed by atoms with van der Waals surface area (Å²) in [6.07, 6.45) is 2.79. The molecule has 0 aromatic carbocycles. The van der Waals surface area contributed by atoms with Crippen LogP contribution in [0.1, 0.15) is 47.0 Å². The summed E-state index contributed by atoms with van der Waals surface area (Å²) in [6, 6.07) is 0. The fourth-order valence-electron chi connectivity index (χ4n) is 1.57. The number of amides is 1. The Morgan fingerprint density at radius 3 is 2.21 bits per heavy atom. The highest BCUT2D eigenvalue weighted by Crippen LogP contribution is 2.23. The van der Waals surface area contributed by atoms with Gasteiger partial charge in [-0.05, 0) is 33.2 Å². The molecule has 19 heavy (non-hydrogen) atoms. The van der Waals surface area contributed by atoms with Crippen molar-refractivity contribution in [1.82, 2.24) is 5.32 Å². The van der Waals surface area contributed by atoms with Crippen LogP contribution in [0.4, 0.5) is 0 Å². The van der Waals surface area contributed by atoms with Crippen LogP contribution in [0.2, 0.25) is 0 Å². The highest BCUT2D eigenvalue weighted by Gasteiger charge is 2.24. The van der Waals surface area contributed by atoms with Gasteiger partial charge in [0.1, 0.15) is 5.84 Å². The monoisotopic (exact) mass is 272 g/mol. The quantitative estimate of drug-likeness (QED) is 0.165. The van der Waals surface area contributed by atoms with Gasteiger partial charge in [0, 0.05) is 12.0 Å². The van der Waals surface area contributed by atoms with Crippen molar-refractivity contribution in [2.75, 3.05) is 13.1 Å². The first-order valence-corrected chi connectivity index (χ1v) is 6.62. The number of primary amides is 1. The fourth-order valence-corrected chi connectivity index (χ4v) is 1.57. The zero-order valence-electron chi connectivity index (χ0n) is 12.5. The van der Waals surface area contributed by atoms with E-state index < -0.39 is 5.41 Å². The van der Waals surface area contributed by atoms with Gasteiger partial charge in [-0.1, -0.05) is 25.4 Å². The molecule has 0 rings (SSSR count). The lowest BCUT2D eigenvalue weighted by Crippen LogP contribution is -2.40. The number of rotatable bonds is 9. The van der Waals surface area contributed by atoms with Crippen LogP contribution in [-0.4, -0.2) is 30.0 Å². The summed E-state index contributed by atoms with van der Waals surface area (Å²) in [7, 11) is 0. The molecule has 0 saturated heterocycles. The minimum absolute atomic E-state index is 0.260. The summed E-state index contributed by atoms with van der Waals surface area (Å²) >= 11 is 0. The number of amidine groups is 1. The van der Waals surface area contributed by atoms with E-state index in [1.165, 1.54) is 0 Å². The summed E-state index contributed by atoms with van der Waals surface area (Å²) in [5.41, 5.74) is 10.1. The van der Waals surface area contributed by atoms with Crippen LogP contribution in [0.15, 0.2) is 5.16 Å². The summed E-state index contributed by atoms with van der Waals surface area (Å²) in [6.45, 7) is 8.94. The second-order valence-corrected chi connectivity index (χ2v) is 6.25. The Hall–Kier alpha value is -1.30. The molecule has 1 amide bonds. The number of nitrogens with zero attached hydrogens (tertiary/aromatic N) is 1. The molecule has 6 nitrogen and oxygen atoms in total. The van der Waals surface area contributed by atoms with Crippen molar-refractivity contribution < 1.29 is 10.0 Å². The number of hydrogen-bond acceptors (Lipinski definition) is 4. The number of hydrogen-bond donors (Lipinski definition) is 4. The van der Waals surface area contributed by atoms with E-state index in [-0.39, 0.29) is 17.2 Å². The van der Waals surface area contributed by atoms with Crippen molar-refractivity contribution >= 4 is 11.7 Å². The number of unbranched alkanes of at least 4 members (excludes halogenated alkanes) is 1. The van der Waals surface area contributed by atoms with E-state index in [9.17, 15) is 4.79 Å². The van der Waals surface area contributed by atoms with Gasteiger partial charge in [-0.25, -0.2) is 0 Å². The van der Waals surface area contributed by atoms with Crippen molar-refractivity contribution in [3.63, 3.8) is 0 Å². The van der Waals surface area contributed by atoms with Gasteiger partial charge in [0.25, 0.3) is 0 Å². The van der Waals surface area contributed by atoms with E-state index in [0.717, 1.165) is 25.8 Å². The van der Waals surface area contributed by atoms with Crippen LogP contribution in [0.25, 0.3) is 0 Å². The van der Waals surface area contributed by atoms with Crippen LogP contribution < -0.4 is 16.8 Å². The van der Waals surface area contributed by atoms with Crippen molar-refractivity contribution in [3.05, 3.63) is 0 Å². The van der Waals surface area contributed by atoms with Crippen molar-refractivity contribution in [3.8, 4) is 0 Å². The lowest BCUT2D eigenvalue weighted by molar-refractivity contribution is -0.125. The maximum absolute atomic E-state index is 11.1. The fraction of sp³-hybridized carbons (Fsp3) is 0.846. The van der Waals surface area contributed by atoms with Gasteiger partial charge in [0.05, 0.1) is 5.41 Å². The van der Waals surface area contributed by atoms with Gasteiger partial charge in [0.15, 0.2) is 0 Å². The number of carbonyl (C=O) groups is 1. The minimum atomic E-state index is -0.521. The number of carbonyl (C=O) groups excluding carboxylic acids is 1. The van der Waals surface area contributed by atoms with Crippen molar-refractivity contribution in [2.45, 2.75) is 47.0 Å². The summed E-state index contributed by atoms with van der Waals surface area (Å²) in [4.78, 5) is 11.1. The number of nitrogens with one attached hydrogen (secondary N) is 1. The van der Waals surface area contributed by atoms with Gasteiger partial charge in [0.2, 0.25) is 5.91 Å². The molecule has 6 N–H and O–H groups in total. The molecule has 0 unspecified atom stereocenters.